The van der Waals surface area contributed by atoms with Gasteiger partial charge in [0.25, 0.3) is 0 Å². The minimum absolute atomic E-state index is 0.173. The summed E-state index contributed by atoms with van der Waals surface area (Å²) in [4.78, 5) is 0. The lowest BCUT2D eigenvalue weighted by molar-refractivity contribution is 0.328. The highest BCUT2D eigenvalue weighted by molar-refractivity contribution is 5.31. The fraction of sp³-hybridized carbons (Fsp3) is 0.294. The molecule has 2 atom stereocenters. The van der Waals surface area contributed by atoms with E-state index >= 15 is 0 Å². The number of nitrogens with one attached hydrogen (secondary N) is 1. The third kappa shape index (κ3) is 2.82. The average Bonchev–Trinajstić information content (AvgIpc) is 2.51. The Balaban J connectivity index is 1.86. The van der Waals surface area contributed by atoms with Crippen LogP contribution in [0.5, 0.6) is 0 Å². The highest BCUT2D eigenvalue weighted by Crippen LogP contribution is 2.34. The molecule has 1 aliphatic rings. The predicted octanol–water partition coefficient (Wildman–Crippen LogP) is 3.27. The van der Waals surface area contributed by atoms with Gasteiger partial charge < -0.3 is 0 Å². The molecule has 0 amide bonds. The summed E-state index contributed by atoms with van der Waals surface area (Å²) in [6, 6.07) is 12.2. The first-order valence-electron chi connectivity index (χ1n) is 7.17. The molecule has 0 spiro atoms. The summed E-state index contributed by atoms with van der Waals surface area (Å²) in [6.45, 7) is 0. The molecule has 4 heteroatoms. The van der Waals surface area contributed by atoms with E-state index in [4.69, 9.17) is 5.84 Å². The first kappa shape index (κ1) is 14.2. The van der Waals surface area contributed by atoms with E-state index in [1.165, 1.54) is 17.2 Å². The van der Waals surface area contributed by atoms with Crippen molar-refractivity contribution in [3.05, 3.63) is 70.8 Å². The van der Waals surface area contributed by atoms with Crippen LogP contribution in [0.15, 0.2) is 42.5 Å². The molecule has 3 N–H and O–H groups in total. The van der Waals surface area contributed by atoms with Crippen LogP contribution in [0.25, 0.3) is 0 Å². The zero-order valence-electron chi connectivity index (χ0n) is 11.7. The van der Waals surface area contributed by atoms with Gasteiger partial charge in [-0.15, -0.1) is 0 Å². The second-order valence-electron chi connectivity index (χ2n) is 5.59. The highest BCUT2D eigenvalue weighted by Gasteiger charge is 2.27. The fourth-order valence-electron chi connectivity index (χ4n) is 3.22. The van der Waals surface area contributed by atoms with Gasteiger partial charge >= 0.3 is 0 Å². The summed E-state index contributed by atoms with van der Waals surface area (Å²) < 4.78 is 26.5. The van der Waals surface area contributed by atoms with Gasteiger partial charge in [0.2, 0.25) is 0 Å². The van der Waals surface area contributed by atoms with Crippen molar-refractivity contribution in [2.45, 2.75) is 25.3 Å². The Labute approximate surface area is 122 Å². The smallest absolute Gasteiger partial charge is 0.159 e. The quantitative estimate of drug-likeness (QED) is 0.672. The van der Waals surface area contributed by atoms with E-state index in [-0.39, 0.29) is 12.0 Å². The monoisotopic (exact) mass is 288 g/mol. The number of aryl methyl sites for hydroxylation is 1. The predicted molar refractivity (Wildman–Crippen MR) is 78.4 cm³/mol. The van der Waals surface area contributed by atoms with Crippen molar-refractivity contribution >= 4 is 0 Å². The van der Waals surface area contributed by atoms with E-state index in [0.29, 0.717) is 5.56 Å². The van der Waals surface area contributed by atoms with Crippen molar-refractivity contribution in [3.8, 4) is 0 Å². The van der Waals surface area contributed by atoms with Crippen LogP contribution in [0.4, 0.5) is 8.78 Å². The summed E-state index contributed by atoms with van der Waals surface area (Å²) in [5, 5.41) is 0. The molecule has 0 aromatic heterocycles. The molecule has 0 saturated carbocycles. The Morgan fingerprint density at radius 1 is 1.05 bits per heavy atom. The number of fused-ring (bicyclic) bond motifs is 1. The van der Waals surface area contributed by atoms with Crippen molar-refractivity contribution in [3.63, 3.8) is 0 Å². The molecular weight excluding hydrogens is 270 g/mol. The summed E-state index contributed by atoms with van der Waals surface area (Å²) >= 11 is 0. The van der Waals surface area contributed by atoms with Gasteiger partial charge in [0, 0.05) is 6.04 Å². The first-order chi connectivity index (χ1) is 10.2. The molecule has 0 bridgehead atoms. The largest absolute Gasteiger partial charge is 0.271 e. The normalized spacial score (nSPS) is 19.1. The number of benzene rings is 2. The summed E-state index contributed by atoms with van der Waals surface area (Å²) in [6.07, 6.45) is 2.86. The average molecular weight is 288 g/mol. The third-order valence-corrected chi connectivity index (χ3v) is 4.34. The van der Waals surface area contributed by atoms with Gasteiger partial charge in [0.1, 0.15) is 0 Å². The van der Waals surface area contributed by atoms with Crippen LogP contribution in [-0.4, -0.2) is 0 Å². The maximum atomic E-state index is 13.4. The topological polar surface area (TPSA) is 38.0 Å². The molecule has 1 aliphatic carbocycles. The molecule has 2 aromatic carbocycles. The van der Waals surface area contributed by atoms with E-state index < -0.39 is 11.6 Å². The number of hydrazine groups is 1. The molecular formula is C17H18F2N2. The Hall–Kier alpha value is -1.78. The molecule has 0 saturated heterocycles. The second kappa shape index (κ2) is 5.92. The van der Waals surface area contributed by atoms with E-state index in [0.717, 1.165) is 25.3 Å². The van der Waals surface area contributed by atoms with Gasteiger partial charge in [-0.1, -0.05) is 30.3 Å². The highest BCUT2D eigenvalue weighted by atomic mass is 19.2. The van der Waals surface area contributed by atoms with E-state index in [1.807, 2.05) is 12.1 Å². The molecule has 3 rings (SSSR count). The molecule has 110 valence electrons. The summed E-state index contributed by atoms with van der Waals surface area (Å²) in [5.41, 5.74) is 6.16. The van der Waals surface area contributed by atoms with Gasteiger partial charge in [-0.25, -0.2) is 8.78 Å². The molecule has 2 unspecified atom stereocenters. The minimum atomic E-state index is -0.830. The standard InChI is InChI=1S/C17H18F2N2/c18-15-8-7-14(10-16(15)19)17(21-20)13-6-5-11-3-1-2-4-12(11)9-13/h1-4,7-8,10,13,17,21H,5-6,9,20H2. The molecule has 0 aliphatic heterocycles. The van der Waals surface area contributed by atoms with Crippen LogP contribution in [0, 0.1) is 17.6 Å². The van der Waals surface area contributed by atoms with Gasteiger partial charge in [-0.3, -0.25) is 11.3 Å². The zero-order valence-corrected chi connectivity index (χ0v) is 11.7. The molecule has 0 radical (unpaired) electrons. The SMILES string of the molecule is NNC(c1ccc(F)c(F)c1)C1CCc2ccccc2C1. The van der Waals surface area contributed by atoms with Crippen LogP contribution in [-0.2, 0) is 12.8 Å². The van der Waals surface area contributed by atoms with Crippen molar-refractivity contribution in [2.24, 2.45) is 11.8 Å². The lowest BCUT2D eigenvalue weighted by Crippen LogP contribution is -2.36. The maximum Gasteiger partial charge on any atom is 0.159 e. The minimum Gasteiger partial charge on any atom is -0.271 e. The number of hydrogen-bond acceptors (Lipinski definition) is 2. The third-order valence-electron chi connectivity index (χ3n) is 4.34. The lowest BCUT2D eigenvalue weighted by atomic mass is 9.78. The van der Waals surface area contributed by atoms with E-state index in [9.17, 15) is 8.78 Å². The van der Waals surface area contributed by atoms with Crippen molar-refractivity contribution in [1.29, 1.82) is 0 Å². The maximum absolute atomic E-state index is 13.4. The van der Waals surface area contributed by atoms with E-state index in [1.54, 1.807) is 6.07 Å². The Morgan fingerprint density at radius 2 is 1.81 bits per heavy atom. The van der Waals surface area contributed by atoms with Crippen LogP contribution in [0.2, 0.25) is 0 Å². The lowest BCUT2D eigenvalue weighted by Gasteiger charge is -2.31. The van der Waals surface area contributed by atoms with Gasteiger partial charge in [-0.05, 0) is 54.0 Å². The van der Waals surface area contributed by atoms with Gasteiger partial charge in [-0.2, -0.15) is 0 Å². The molecule has 21 heavy (non-hydrogen) atoms. The summed E-state index contributed by atoms with van der Waals surface area (Å²) in [7, 11) is 0. The number of nitrogens with two attached hydrogens (primary N) is 1. The molecule has 0 fully saturated rings. The number of rotatable bonds is 3. The molecule has 2 nitrogen and oxygen atoms in total. The van der Waals surface area contributed by atoms with Crippen molar-refractivity contribution in [2.75, 3.05) is 0 Å². The number of halogens is 2. The summed E-state index contributed by atoms with van der Waals surface area (Å²) in [5.74, 6) is 4.29. The number of hydrogen-bond donors (Lipinski definition) is 2. The van der Waals surface area contributed by atoms with Crippen LogP contribution in [0.1, 0.15) is 29.2 Å². The van der Waals surface area contributed by atoms with Crippen LogP contribution >= 0.6 is 0 Å². The van der Waals surface area contributed by atoms with Crippen LogP contribution in [0.3, 0.4) is 0 Å². The molecule has 0 heterocycles. The first-order valence-corrected chi connectivity index (χ1v) is 7.17. The molecule has 2 aromatic rings. The van der Waals surface area contributed by atoms with Gasteiger partial charge in [0.05, 0.1) is 0 Å². The van der Waals surface area contributed by atoms with Gasteiger partial charge in [0.15, 0.2) is 11.6 Å². The van der Waals surface area contributed by atoms with Crippen molar-refractivity contribution in [1.82, 2.24) is 5.43 Å². The fourth-order valence-corrected chi connectivity index (χ4v) is 3.22. The Bertz CT molecular complexity index is 642. The second-order valence-corrected chi connectivity index (χ2v) is 5.59. The van der Waals surface area contributed by atoms with Crippen molar-refractivity contribution < 1.29 is 8.78 Å². The van der Waals surface area contributed by atoms with E-state index in [2.05, 4.69) is 17.6 Å². The van der Waals surface area contributed by atoms with Crippen LogP contribution < -0.4 is 11.3 Å². The Morgan fingerprint density at radius 3 is 2.52 bits per heavy atom. The Kier molecular flexibility index (Phi) is 3.99. The zero-order chi connectivity index (χ0) is 14.8.